The Balaban J connectivity index is 2.06. The molecule has 0 saturated carbocycles. The van der Waals surface area contributed by atoms with Gasteiger partial charge in [-0.3, -0.25) is 0 Å². The molecule has 2 nitrogen and oxygen atoms in total. The molecule has 1 N–H and O–H groups in total. The summed E-state index contributed by atoms with van der Waals surface area (Å²) in [4.78, 5) is 0. The van der Waals surface area contributed by atoms with Gasteiger partial charge in [-0.05, 0) is 11.6 Å². The summed E-state index contributed by atoms with van der Waals surface area (Å²) in [6.07, 6.45) is 0. The second-order valence-corrected chi connectivity index (χ2v) is 3.71. The molecule has 13 heavy (non-hydrogen) atoms. The van der Waals surface area contributed by atoms with Crippen LogP contribution in [-0.2, 0) is 0 Å². The molecule has 0 aromatic heterocycles. The van der Waals surface area contributed by atoms with Crippen molar-refractivity contribution < 1.29 is 4.74 Å². The number of nitrogens with one attached hydrogen (secondary N) is 1. The van der Waals surface area contributed by atoms with E-state index in [1.807, 2.05) is 6.07 Å². The Morgan fingerprint density at radius 3 is 3.23 bits per heavy atom. The number of para-hydroxylation sites is 1. The fourth-order valence-electron chi connectivity index (χ4n) is 2.20. The van der Waals surface area contributed by atoms with Crippen LogP contribution in [0, 0.1) is 12.5 Å². The predicted molar refractivity (Wildman–Crippen MR) is 50.5 cm³/mol. The van der Waals surface area contributed by atoms with Crippen LogP contribution >= 0.6 is 0 Å². The largest absolute Gasteiger partial charge is 0.493 e. The number of fused-ring (bicyclic) bond motifs is 3. The fraction of sp³-hybridized carbons (Fsp3) is 0.364. The lowest BCUT2D eigenvalue weighted by Gasteiger charge is -2.27. The van der Waals surface area contributed by atoms with Gasteiger partial charge in [0.25, 0.3) is 0 Å². The molecule has 2 heterocycles. The van der Waals surface area contributed by atoms with Crippen molar-refractivity contribution >= 4 is 0 Å². The van der Waals surface area contributed by atoms with Gasteiger partial charge in [-0.1, -0.05) is 18.2 Å². The van der Waals surface area contributed by atoms with Crippen LogP contribution in [0.5, 0.6) is 5.75 Å². The monoisotopic (exact) mass is 174 g/mol. The van der Waals surface area contributed by atoms with E-state index in [0.717, 1.165) is 18.9 Å². The molecule has 0 amide bonds. The van der Waals surface area contributed by atoms with Crippen LogP contribution in [0.1, 0.15) is 11.5 Å². The topological polar surface area (TPSA) is 21.3 Å². The Bertz CT molecular complexity index is 324. The summed E-state index contributed by atoms with van der Waals surface area (Å²) in [5.41, 5.74) is 1.34. The maximum absolute atomic E-state index is 5.68. The molecule has 2 aliphatic rings. The highest BCUT2D eigenvalue weighted by atomic mass is 16.5. The summed E-state index contributed by atoms with van der Waals surface area (Å²) in [5.74, 6) is 2.25. The van der Waals surface area contributed by atoms with Crippen LogP contribution in [0.2, 0.25) is 0 Å². The Labute approximate surface area is 77.9 Å². The third kappa shape index (κ3) is 1.05. The highest BCUT2D eigenvalue weighted by Gasteiger charge is 2.34. The lowest BCUT2D eigenvalue weighted by Crippen LogP contribution is -2.24. The van der Waals surface area contributed by atoms with Crippen molar-refractivity contribution in [2.24, 2.45) is 5.92 Å². The van der Waals surface area contributed by atoms with Gasteiger partial charge in [0, 0.05) is 24.9 Å². The molecule has 2 aliphatic heterocycles. The lowest BCUT2D eigenvalue weighted by atomic mass is 9.87. The lowest BCUT2D eigenvalue weighted by molar-refractivity contribution is 0.222. The number of hydrogen-bond donors (Lipinski definition) is 1. The minimum absolute atomic E-state index is 0.560. The predicted octanol–water partition coefficient (Wildman–Crippen LogP) is 1.54. The van der Waals surface area contributed by atoms with E-state index < -0.39 is 0 Å². The van der Waals surface area contributed by atoms with Crippen molar-refractivity contribution in [2.75, 3.05) is 13.2 Å². The third-order valence-corrected chi connectivity index (χ3v) is 2.92. The molecule has 1 radical (unpaired) electrons. The van der Waals surface area contributed by atoms with Gasteiger partial charge in [-0.15, -0.1) is 0 Å². The summed E-state index contributed by atoms with van der Waals surface area (Å²) >= 11 is 0. The van der Waals surface area contributed by atoms with Crippen LogP contribution < -0.4 is 10.1 Å². The minimum atomic E-state index is 0.560. The minimum Gasteiger partial charge on any atom is -0.493 e. The zero-order chi connectivity index (χ0) is 8.67. The van der Waals surface area contributed by atoms with E-state index in [2.05, 4.69) is 30.1 Å². The molecule has 1 aromatic carbocycles. The zero-order valence-electron chi connectivity index (χ0n) is 7.36. The number of rotatable bonds is 0. The van der Waals surface area contributed by atoms with E-state index in [0.29, 0.717) is 11.8 Å². The van der Waals surface area contributed by atoms with Gasteiger partial charge in [-0.2, -0.15) is 0 Å². The van der Waals surface area contributed by atoms with Crippen LogP contribution in [0.25, 0.3) is 0 Å². The van der Waals surface area contributed by atoms with E-state index in [-0.39, 0.29) is 0 Å². The van der Waals surface area contributed by atoms with Crippen molar-refractivity contribution in [3.63, 3.8) is 0 Å². The summed E-state index contributed by atoms with van der Waals surface area (Å²) in [6.45, 7) is 4.11. The Kier molecular flexibility index (Phi) is 1.56. The first-order chi connectivity index (χ1) is 6.45. The van der Waals surface area contributed by atoms with E-state index in [4.69, 9.17) is 4.74 Å². The van der Waals surface area contributed by atoms with Crippen molar-refractivity contribution in [1.82, 2.24) is 5.32 Å². The first-order valence-corrected chi connectivity index (χ1v) is 4.73. The summed E-state index contributed by atoms with van der Waals surface area (Å²) < 4.78 is 5.68. The van der Waals surface area contributed by atoms with E-state index in [9.17, 15) is 0 Å². The summed E-state index contributed by atoms with van der Waals surface area (Å²) in [7, 11) is 0. The Hall–Kier alpha value is -1.02. The second kappa shape index (κ2) is 2.74. The second-order valence-electron chi connectivity index (χ2n) is 3.71. The zero-order valence-corrected chi connectivity index (χ0v) is 7.36. The van der Waals surface area contributed by atoms with E-state index in [1.54, 1.807) is 0 Å². The van der Waals surface area contributed by atoms with Crippen LogP contribution in [0.15, 0.2) is 24.3 Å². The van der Waals surface area contributed by atoms with Gasteiger partial charge < -0.3 is 10.1 Å². The van der Waals surface area contributed by atoms with Gasteiger partial charge >= 0.3 is 0 Å². The molecular formula is C11H12NO. The molecule has 2 atom stereocenters. The number of hydrogen-bond acceptors (Lipinski definition) is 2. The fourth-order valence-corrected chi connectivity index (χ4v) is 2.20. The molecule has 67 valence electrons. The summed E-state index contributed by atoms with van der Waals surface area (Å²) in [5, 5.41) is 3.30. The van der Waals surface area contributed by atoms with Crippen LogP contribution in [0.3, 0.4) is 0 Å². The summed E-state index contributed by atoms with van der Waals surface area (Å²) in [6, 6.07) is 8.33. The Morgan fingerprint density at radius 2 is 2.23 bits per heavy atom. The van der Waals surface area contributed by atoms with Gasteiger partial charge in [0.1, 0.15) is 5.75 Å². The highest BCUT2D eigenvalue weighted by Crippen LogP contribution is 2.40. The van der Waals surface area contributed by atoms with Gasteiger partial charge in [0.05, 0.1) is 6.61 Å². The normalized spacial score (nSPS) is 30.5. The molecule has 1 fully saturated rings. The molecule has 1 aromatic rings. The molecule has 2 heteroatoms. The number of benzene rings is 1. The average Bonchev–Trinajstić information content (AvgIpc) is 2.65. The van der Waals surface area contributed by atoms with Crippen molar-refractivity contribution in [2.45, 2.75) is 5.92 Å². The maximum Gasteiger partial charge on any atom is 0.122 e. The molecule has 0 spiro atoms. The molecule has 2 unspecified atom stereocenters. The number of ether oxygens (including phenoxy) is 1. The Morgan fingerprint density at radius 1 is 1.31 bits per heavy atom. The smallest absolute Gasteiger partial charge is 0.122 e. The first kappa shape index (κ1) is 7.39. The van der Waals surface area contributed by atoms with Crippen molar-refractivity contribution in [1.29, 1.82) is 0 Å². The third-order valence-electron chi connectivity index (χ3n) is 2.92. The van der Waals surface area contributed by atoms with Crippen LogP contribution in [0.4, 0.5) is 0 Å². The van der Waals surface area contributed by atoms with E-state index in [1.165, 1.54) is 5.56 Å². The molecule has 3 rings (SSSR count). The van der Waals surface area contributed by atoms with Crippen molar-refractivity contribution in [3.8, 4) is 5.75 Å². The highest BCUT2D eigenvalue weighted by molar-refractivity contribution is 5.40. The standard InChI is InChI=1S/C11H12NO/c1-2-4-11-9(3-1)10-6-12-5-8(10)7-13-11/h1-4,6,8,10,12H,5,7H2. The van der Waals surface area contributed by atoms with Crippen molar-refractivity contribution in [3.05, 3.63) is 36.4 Å². The van der Waals surface area contributed by atoms with Gasteiger partial charge in [-0.25, -0.2) is 0 Å². The maximum atomic E-state index is 5.68. The first-order valence-electron chi connectivity index (χ1n) is 4.73. The average molecular weight is 174 g/mol. The van der Waals surface area contributed by atoms with Gasteiger partial charge in [0.2, 0.25) is 0 Å². The van der Waals surface area contributed by atoms with E-state index >= 15 is 0 Å². The molecular weight excluding hydrogens is 162 g/mol. The SMILES string of the molecule is [CH]1NCC2COc3ccccc3C12. The molecule has 0 aliphatic carbocycles. The molecule has 1 saturated heterocycles. The quantitative estimate of drug-likeness (QED) is 0.644. The van der Waals surface area contributed by atoms with Crippen LogP contribution in [-0.4, -0.2) is 13.2 Å². The van der Waals surface area contributed by atoms with Gasteiger partial charge in [0.15, 0.2) is 0 Å². The molecule has 0 bridgehead atoms.